The standard InChI is InChI=1S/C22H43FO5/c1-5-9-13-24-17-18-19(25-14-10-6-2)20(26-15-11-7-3)21(22(23)28-18)27-16-12-8-4/h18-22H,5-17H2,1-4H3/t18-,19-,20+,21+,22?/m1/s1. The fourth-order valence-corrected chi connectivity index (χ4v) is 3.10. The molecule has 1 unspecified atom stereocenters. The lowest BCUT2D eigenvalue weighted by Crippen LogP contribution is -2.60. The Morgan fingerprint density at radius 2 is 1.11 bits per heavy atom. The molecule has 168 valence electrons. The normalized spacial score (nSPS) is 28.0. The van der Waals surface area contributed by atoms with Crippen molar-refractivity contribution in [2.24, 2.45) is 0 Å². The van der Waals surface area contributed by atoms with Gasteiger partial charge in [0.05, 0.1) is 6.61 Å². The largest absolute Gasteiger partial charge is 0.379 e. The monoisotopic (exact) mass is 406 g/mol. The van der Waals surface area contributed by atoms with E-state index in [1.54, 1.807) is 0 Å². The van der Waals surface area contributed by atoms with E-state index in [0.717, 1.165) is 51.4 Å². The Kier molecular flexibility index (Phi) is 15.2. The van der Waals surface area contributed by atoms with Crippen molar-refractivity contribution in [3.8, 4) is 0 Å². The molecule has 1 aliphatic rings. The van der Waals surface area contributed by atoms with Gasteiger partial charge in [-0.3, -0.25) is 0 Å². The molecule has 6 heteroatoms. The zero-order valence-electron chi connectivity index (χ0n) is 18.5. The number of rotatable bonds is 17. The van der Waals surface area contributed by atoms with E-state index in [-0.39, 0.29) is 6.10 Å². The van der Waals surface area contributed by atoms with Crippen molar-refractivity contribution in [2.45, 2.75) is 110 Å². The van der Waals surface area contributed by atoms with Gasteiger partial charge in [-0.05, 0) is 25.7 Å². The summed E-state index contributed by atoms with van der Waals surface area (Å²) in [6, 6.07) is 0. The van der Waals surface area contributed by atoms with Crippen molar-refractivity contribution >= 4 is 0 Å². The maximum Gasteiger partial charge on any atom is 0.228 e. The van der Waals surface area contributed by atoms with E-state index in [2.05, 4.69) is 27.7 Å². The van der Waals surface area contributed by atoms with Gasteiger partial charge in [0.1, 0.15) is 24.4 Å². The van der Waals surface area contributed by atoms with Gasteiger partial charge in [-0.15, -0.1) is 0 Å². The molecule has 1 heterocycles. The van der Waals surface area contributed by atoms with E-state index in [1.165, 1.54) is 0 Å². The van der Waals surface area contributed by atoms with E-state index in [4.69, 9.17) is 23.7 Å². The molecule has 0 aromatic carbocycles. The van der Waals surface area contributed by atoms with Gasteiger partial charge in [-0.25, -0.2) is 4.39 Å². The summed E-state index contributed by atoms with van der Waals surface area (Å²) in [5, 5.41) is 0. The minimum atomic E-state index is -1.53. The van der Waals surface area contributed by atoms with E-state index < -0.39 is 24.7 Å². The van der Waals surface area contributed by atoms with Crippen LogP contribution in [0.15, 0.2) is 0 Å². The van der Waals surface area contributed by atoms with Crippen LogP contribution in [-0.2, 0) is 23.7 Å². The molecule has 0 bridgehead atoms. The highest BCUT2D eigenvalue weighted by Crippen LogP contribution is 2.30. The SMILES string of the molecule is CCCCOC[C@H]1OC(F)[C@@H](OCCCC)[C@@H](OCCCC)[C@@H]1OCCCC. The molecule has 0 spiro atoms. The average Bonchev–Trinajstić information content (AvgIpc) is 2.69. The van der Waals surface area contributed by atoms with Crippen molar-refractivity contribution in [3.63, 3.8) is 0 Å². The summed E-state index contributed by atoms with van der Waals surface area (Å²) in [4.78, 5) is 0. The van der Waals surface area contributed by atoms with Crippen LogP contribution in [0.25, 0.3) is 0 Å². The van der Waals surface area contributed by atoms with Gasteiger partial charge in [-0.2, -0.15) is 0 Å². The van der Waals surface area contributed by atoms with Crippen molar-refractivity contribution in [3.05, 3.63) is 0 Å². The highest BCUT2D eigenvalue weighted by molar-refractivity contribution is 4.92. The summed E-state index contributed by atoms with van der Waals surface area (Å²) >= 11 is 0. The minimum Gasteiger partial charge on any atom is -0.379 e. The lowest BCUT2D eigenvalue weighted by Gasteiger charge is -2.43. The predicted octanol–water partition coefficient (Wildman–Crippen LogP) is 5.05. The van der Waals surface area contributed by atoms with Crippen LogP contribution in [0.1, 0.15) is 79.1 Å². The quantitative estimate of drug-likeness (QED) is 0.316. The molecule has 1 fully saturated rings. The van der Waals surface area contributed by atoms with Crippen molar-refractivity contribution < 1.29 is 28.1 Å². The smallest absolute Gasteiger partial charge is 0.228 e. The van der Waals surface area contributed by atoms with Crippen LogP contribution in [0.5, 0.6) is 0 Å². The van der Waals surface area contributed by atoms with Crippen LogP contribution in [-0.4, -0.2) is 63.8 Å². The van der Waals surface area contributed by atoms with Gasteiger partial charge >= 0.3 is 0 Å². The van der Waals surface area contributed by atoms with Crippen molar-refractivity contribution in [2.75, 3.05) is 33.0 Å². The fraction of sp³-hybridized carbons (Fsp3) is 1.00. The van der Waals surface area contributed by atoms with Gasteiger partial charge in [0.25, 0.3) is 0 Å². The lowest BCUT2D eigenvalue weighted by atomic mass is 9.98. The molecular weight excluding hydrogens is 363 g/mol. The molecule has 0 aliphatic carbocycles. The topological polar surface area (TPSA) is 46.2 Å². The second-order valence-electron chi connectivity index (χ2n) is 7.52. The molecule has 0 aromatic heterocycles. The molecule has 1 rings (SSSR count). The maximum absolute atomic E-state index is 14.9. The van der Waals surface area contributed by atoms with Gasteiger partial charge in [-0.1, -0.05) is 53.4 Å². The second kappa shape index (κ2) is 16.5. The van der Waals surface area contributed by atoms with E-state index >= 15 is 0 Å². The summed E-state index contributed by atoms with van der Waals surface area (Å²) in [5.41, 5.74) is 0. The number of halogens is 1. The molecular formula is C22H43FO5. The minimum absolute atomic E-state index is 0.312. The molecule has 5 atom stereocenters. The van der Waals surface area contributed by atoms with Gasteiger partial charge in [0, 0.05) is 26.4 Å². The Balaban J connectivity index is 2.84. The molecule has 28 heavy (non-hydrogen) atoms. The van der Waals surface area contributed by atoms with Crippen molar-refractivity contribution in [1.29, 1.82) is 0 Å². The van der Waals surface area contributed by atoms with Gasteiger partial charge < -0.3 is 23.7 Å². The third-order valence-electron chi connectivity index (χ3n) is 4.93. The Bertz CT molecular complexity index is 358. The fourth-order valence-electron chi connectivity index (χ4n) is 3.10. The van der Waals surface area contributed by atoms with Gasteiger partial charge in [0.15, 0.2) is 0 Å². The van der Waals surface area contributed by atoms with Crippen LogP contribution < -0.4 is 0 Å². The average molecular weight is 407 g/mol. The van der Waals surface area contributed by atoms with Crippen LogP contribution in [0.3, 0.4) is 0 Å². The Morgan fingerprint density at radius 1 is 0.643 bits per heavy atom. The summed E-state index contributed by atoms with van der Waals surface area (Å²) in [6.45, 7) is 11.1. The number of alkyl halides is 1. The first-order valence-corrected chi connectivity index (χ1v) is 11.4. The first-order valence-electron chi connectivity index (χ1n) is 11.4. The third kappa shape index (κ3) is 9.49. The van der Waals surface area contributed by atoms with E-state index in [1.807, 2.05) is 0 Å². The molecule has 0 radical (unpaired) electrons. The Labute approximate surface area is 171 Å². The maximum atomic E-state index is 14.9. The molecule has 0 N–H and O–H groups in total. The number of hydrogen-bond acceptors (Lipinski definition) is 5. The molecule has 1 saturated heterocycles. The molecule has 0 amide bonds. The molecule has 0 saturated carbocycles. The number of hydrogen-bond donors (Lipinski definition) is 0. The number of ether oxygens (including phenoxy) is 5. The Hall–Kier alpha value is -0.270. The second-order valence-corrected chi connectivity index (χ2v) is 7.52. The van der Waals surface area contributed by atoms with Crippen molar-refractivity contribution in [1.82, 2.24) is 0 Å². The lowest BCUT2D eigenvalue weighted by molar-refractivity contribution is -0.293. The van der Waals surface area contributed by atoms with Crippen LogP contribution in [0.4, 0.5) is 4.39 Å². The first-order chi connectivity index (χ1) is 13.7. The summed E-state index contributed by atoms with van der Waals surface area (Å²) in [5.74, 6) is 0. The third-order valence-corrected chi connectivity index (χ3v) is 4.93. The van der Waals surface area contributed by atoms with Gasteiger partial charge in [0.2, 0.25) is 6.36 Å². The van der Waals surface area contributed by atoms with Crippen LogP contribution >= 0.6 is 0 Å². The molecule has 1 aliphatic heterocycles. The molecule has 0 aromatic rings. The summed E-state index contributed by atoms with van der Waals surface area (Å²) in [7, 11) is 0. The zero-order valence-corrected chi connectivity index (χ0v) is 18.5. The predicted molar refractivity (Wildman–Crippen MR) is 109 cm³/mol. The van der Waals surface area contributed by atoms with E-state index in [0.29, 0.717) is 33.0 Å². The number of unbranched alkanes of at least 4 members (excludes halogenated alkanes) is 4. The Morgan fingerprint density at radius 3 is 1.64 bits per heavy atom. The summed E-state index contributed by atoms with van der Waals surface area (Å²) in [6.07, 6.45) is 4.20. The van der Waals surface area contributed by atoms with Crippen LogP contribution in [0, 0.1) is 0 Å². The summed E-state index contributed by atoms with van der Waals surface area (Å²) < 4.78 is 44.4. The first kappa shape index (κ1) is 25.8. The highest BCUT2D eigenvalue weighted by atomic mass is 19.1. The van der Waals surface area contributed by atoms with E-state index in [9.17, 15) is 4.39 Å². The molecule has 5 nitrogen and oxygen atoms in total. The van der Waals surface area contributed by atoms with Crippen LogP contribution in [0.2, 0.25) is 0 Å². The zero-order chi connectivity index (χ0) is 20.6. The highest BCUT2D eigenvalue weighted by Gasteiger charge is 2.48.